The maximum Gasteiger partial charge on any atom is 0.389 e. The van der Waals surface area contributed by atoms with Crippen molar-refractivity contribution < 1.29 is 21.6 Å². The van der Waals surface area contributed by atoms with E-state index in [0.717, 1.165) is 17.3 Å². The number of anilines is 1. The first kappa shape index (κ1) is 17.3. The van der Waals surface area contributed by atoms with E-state index in [4.69, 9.17) is 0 Å². The van der Waals surface area contributed by atoms with E-state index in [-0.39, 0.29) is 0 Å². The van der Waals surface area contributed by atoms with Gasteiger partial charge >= 0.3 is 6.18 Å². The Morgan fingerprint density at radius 3 is 2.25 bits per heavy atom. The van der Waals surface area contributed by atoms with Crippen LogP contribution in [0.4, 0.5) is 18.9 Å². The molecule has 0 aliphatic rings. The van der Waals surface area contributed by atoms with Gasteiger partial charge in [0.05, 0.1) is 5.75 Å². The van der Waals surface area contributed by atoms with Crippen LogP contribution in [0, 0.1) is 0 Å². The van der Waals surface area contributed by atoms with Crippen molar-refractivity contribution >= 4 is 31.6 Å². The van der Waals surface area contributed by atoms with Crippen LogP contribution in [0.15, 0.2) is 24.3 Å². The minimum absolute atomic E-state index is 0.357. The SMILES string of the molecule is O=S(=O)(CCCC(F)(F)F)Nc1ccc(CCBr)cc1. The number of benzene rings is 1. The van der Waals surface area contributed by atoms with Gasteiger partial charge in [-0.15, -0.1) is 0 Å². The smallest absolute Gasteiger partial charge is 0.284 e. The van der Waals surface area contributed by atoms with Crippen LogP contribution in [0.2, 0.25) is 0 Å². The molecule has 0 saturated carbocycles. The highest BCUT2D eigenvalue weighted by molar-refractivity contribution is 9.09. The summed E-state index contributed by atoms with van der Waals surface area (Å²) in [6.07, 6.45) is -5.05. The first-order valence-corrected chi connectivity index (χ1v) is 8.71. The molecule has 0 amide bonds. The summed E-state index contributed by atoms with van der Waals surface area (Å²) in [5.41, 5.74) is 1.40. The van der Waals surface area contributed by atoms with E-state index in [1.807, 2.05) is 0 Å². The van der Waals surface area contributed by atoms with Crippen LogP contribution in [-0.4, -0.2) is 25.7 Å². The molecule has 0 aliphatic heterocycles. The van der Waals surface area contributed by atoms with E-state index in [2.05, 4.69) is 20.7 Å². The number of aryl methyl sites for hydroxylation is 1. The highest BCUT2D eigenvalue weighted by Gasteiger charge is 2.27. The molecular weight excluding hydrogens is 359 g/mol. The molecule has 0 saturated heterocycles. The molecule has 114 valence electrons. The fourth-order valence-corrected chi connectivity index (χ4v) is 3.12. The van der Waals surface area contributed by atoms with Gasteiger partial charge in [0.15, 0.2) is 0 Å². The molecule has 1 N–H and O–H groups in total. The number of hydrogen-bond acceptors (Lipinski definition) is 2. The van der Waals surface area contributed by atoms with Crippen molar-refractivity contribution in [2.75, 3.05) is 15.8 Å². The molecular formula is C12H15BrF3NO2S. The lowest BCUT2D eigenvalue weighted by atomic mass is 10.2. The highest BCUT2D eigenvalue weighted by atomic mass is 79.9. The molecule has 0 spiro atoms. The Bertz CT molecular complexity index is 514. The van der Waals surface area contributed by atoms with E-state index in [9.17, 15) is 21.6 Å². The van der Waals surface area contributed by atoms with Crippen molar-refractivity contribution in [1.29, 1.82) is 0 Å². The summed E-state index contributed by atoms with van der Waals surface area (Å²) >= 11 is 3.29. The van der Waals surface area contributed by atoms with Crippen molar-refractivity contribution in [3.05, 3.63) is 29.8 Å². The number of rotatable bonds is 7. The molecule has 0 radical (unpaired) electrons. The summed E-state index contributed by atoms with van der Waals surface area (Å²) in [6, 6.07) is 6.74. The van der Waals surface area contributed by atoms with Crippen molar-refractivity contribution in [2.45, 2.75) is 25.4 Å². The van der Waals surface area contributed by atoms with Crippen LogP contribution < -0.4 is 4.72 Å². The van der Waals surface area contributed by atoms with Crippen molar-refractivity contribution in [3.63, 3.8) is 0 Å². The third kappa shape index (κ3) is 7.14. The first-order valence-electron chi connectivity index (χ1n) is 5.94. The Morgan fingerprint density at radius 1 is 1.15 bits per heavy atom. The molecule has 0 fully saturated rings. The van der Waals surface area contributed by atoms with Gasteiger partial charge in [0.1, 0.15) is 0 Å². The van der Waals surface area contributed by atoms with Crippen LogP contribution in [0.3, 0.4) is 0 Å². The van der Waals surface area contributed by atoms with Gasteiger partial charge in [-0.05, 0) is 30.5 Å². The van der Waals surface area contributed by atoms with Crippen LogP contribution in [0.1, 0.15) is 18.4 Å². The number of hydrogen-bond donors (Lipinski definition) is 1. The van der Waals surface area contributed by atoms with Crippen LogP contribution in [0.25, 0.3) is 0 Å². The fourth-order valence-electron chi connectivity index (χ4n) is 1.54. The maximum atomic E-state index is 12.0. The average molecular weight is 374 g/mol. The maximum absolute atomic E-state index is 12.0. The lowest BCUT2D eigenvalue weighted by Crippen LogP contribution is -2.18. The van der Waals surface area contributed by atoms with E-state index in [1.165, 1.54) is 0 Å². The predicted octanol–water partition coefficient (Wildman–Crippen LogP) is 3.71. The minimum Gasteiger partial charge on any atom is -0.284 e. The summed E-state index contributed by atoms with van der Waals surface area (Å²) in [7, 11) is -3.74. The van der Waals surface area contributed by atoms with E-state index in [1.54, 1.807) is 24.3 Å². The summed E-state index contributed by atoms with van der Waals surface area (Å²) in [6.45, 7) is 0. The highest BCUT2D eigenvalue weighted by Crippen LogP contribution is 2.22. The molecule has 0 atom stereocenters. The van der Waals surface area contributed by atoms with Gasteiger partial charge in [-0.25, -0.2) is 8.42 Å². The lowest BCUT2D eigenvalue weighted by Gasteiger charge is -2.09. The van der Waals surface area contributed by atoms with E-state index >= 15 is 0 Å². The molecule has 0 aliphatic carbocycles. The largest absolute Gasteiger partial charge is 0.389 e. The van der Waals surface area contributed by atoms with Gasteiger partial charge in [0.2, 0.25) is 10.0 Å². The minimum atomic E-state index is -4.33. The molecule has 0 aromatic heterocycles. The van der Waals surface area contributed by atoms with Gasteiger partial charge in [-0.3, -0.25) is 4.72 Å². The average Bonchev–Trinajstić information content (AvgIpc) is 2.29. The standard InChI is InChI=1S/C12H15BrF3NO2S/c13-8-6-10-2-4-11(5-3-10)17-20(18,19)9-1-7-12(14,15)16/h2-5,17H,1,6-9H2. The quantitative estimate of drug-likeness (QED) is 0.740. The number of nitrogens with one attached hydrogen (secondary N) is 1. The van der Waals surface area contributed by atoms with Crippen LogP contribution in [0.5, 0.6) is 0 Å². The normalized spacial score (nSPS) is 12.4. The summed E-state index contributed by atoms with van der Waals surface area (Å²) in [5, 5.41) is 0.801. The summed E-state index contributed by atoms with van der Waals surface area (Å²) in [4.78, 5) is 0. The number of sulfonamides is 1. The molecule has 1 aromatic rings. The van der Waals surface area contributed by atoms with Gasteiger partial charge < -0.3 is 0 Å². The van der Waals surface area contributed by atoms with Crippen LogP contribution >= 0.6 is 15.9 Å². The fraction of sp³-hybridized carbons (Fsp3) is 0.500. The monoisotopic (exact) mass is 373 g/mol. The molecule has 0 unspecified atom stereocenters. The van der Waals surface area contributed by atoms with Crippen molar-refractivity contribution in [3.8, 4) is 0 Å². The molecule has 3 nitrogen and oxygen atoms in total. The van der Waals surface area contributed by atoms with Gasteiger partial charge in [-0.2, -0.15) is 13.2 Å². The molecule has 0 bridgehead atoms. The third-order valence-electron chi connectivity index (χ3n) is 2.48. The second-order valence-corrected chi connectivity index (χ2v) is 6.91. The Labute approximate surface area is 124 Å². The Balaban J connectivity index is 2.53. The Morgan fingerprint density at radius 2 is 1.75 bits per heavy atom. The first-order chi connectivity index (χ1) is 9.22. The summed E-state index contributed by atoms with van der Waals surface area (Å²) < 4.78 is 61.4. The zero-order chi connectivity index (χ0) is 15.2. The molecule has 8 heteroatoms. The lowest BCUT2D eigenvalue weighted by molar-refractivity contribution is -0.134. The van der Waals surface area contributed by atoms with Crippen molar-refractivity contribution in [2.24, 2.45) is 0 Å². The van der Waals surface area contributed by atoms with Gasteiger partial charge in [0, 0.05) is 17.4 Å². The number of alkyl halides is 4. The zero-order valence-corrected chi connectivity index (χ0v) is 13.0. The van der Waals surface area contributed by atoms with Crippen LogP contribution in [-0.2, 0) is 16.4 Å². The second-order valence-electron chi connectivity index (χ2n) is 4.28. The summed E-state index contributed by atoms with van der Waals surface area (Å²) in [5.74, 6) is -0.546. The topological polar surface area (TPSA) is 46.2 Å². The Hall–Kier alpha value is -0.760. The molecule has 1 aromatic carbocycles. The van der Waals surface area contributed by atoms with Gasteiger partial charge in [0.25, 0.3) is 0 Å². The second kappa shape index (κ2) is 7.31. The number of halogens is 4. The molecule has 0 heterocycles. The molecule has 20 heavy (non-hydrogen) atoms. The Kier molecular flexibility index (Phi) is 6.32. The van der Waals surface area contributed by atoms with E-state index < -0.39 is 34.8 Å². The zero-order valence-electron chi connectivity index (χ0n) is 10.6. The molecule has 1 rings (SSSR count). The van der Waals surface area contributed by atoms with Gasteiger partial charge in [-0.1, -0.05) is 28.1 Å². The van der Waals surface area contributed by atoms with E-state index in [0.29, 0.717) is 5.69 Å². The predicted molar refractivity (Wildman–Crippen MR) is 76.6 cm³/mol. The van der Waals surface area contributed by atoms with Crippen molar-refractivity contribution in [1.82, 2.24) is 0 Å². The third-order valence-corrected chi connectivity index (χ3v) is 4.25.